The summed E-state index contributed by atoms with van der Waals surface area (Å²) < 4.78 is 42.3. The summed E-state index contributed by atoms with van der Waals surface area (Å²) in [6, 6.07) is 17.8. The van der Waals surface area contributed by atoms with E-state index in [0.29, 0.717) is 29.7 Å². The minimum absolute atomic E-state index is 0.0378. The molecule has 1 unspecified atom stereocenters. The van der Waals surface area contributed by atoms with Crippen LogP contribution in [0, 0.1) is 6.92 Å². The van der Waals surface area contributed by atoms with Crippen molar-refractivity contribution in [3.8, 4) is 11.3 Å². The lowest BCUT2D eigenvalue weighted by atomic mass is 10.1. The van der Waals surface area contributed by atoms with E-state index >= 15 is 0 Å². The quantitative estimate of drug-likeness (QED) is 0.412. The van der Waals surface area contributed by atoms with Crippen LogP contribution in [0.3, 0.4) is 0 Å². The standard InChI is InChI=1S/C26H24F3N5O/c1-17-8-10-20(11-9-17)33-13-12-32(16-18(33)2)25(35)21-15-30-34-23(26(27,28)29)14-22(31-24(21)34)19-6-4-3-5-7-19/h3-11,14-15,18H,12-13,16H2,1-2H3. The van der Waals surface area contributed by atoms with Gasteiger partial charge in [0.1, 0.15) is 5.56 Å². The molecule has 4 aromatic rings. The fraction of sp³-hybridized carbons (Fsp3) is 0.269. The van der Waals surface area contributed by atoms with Gasteiger partial charge in [-0.1, -0.05) is 48.0 Å². The first kappa shape index (κ1) is 22.9. The molecule has 3 heterocycles. The van der Waals surface area contributed by atoms with Gasteiger partial charge in [-0.15, -0.1) is 0 Å². The molecule has 5 rings (SSSR count). The van der Waals surface area contributed by atoms with E-state index in [1.165, 1.54) is 11.8 Å². The van der Waals surface area contributed by atoms with Crippen LogP contribution in [0.4, 0.5) is 18.9 Å². The van der Waals surface area contributed by atoms with Crippen molar-refractivity contribution in [2.24, 2.45) is 0 Å². The molecule has 0 aliphatic carbocycles. The summed E-state index contributed by atoms with van der Waals surface area (Å²) in [5.74, 6) is -0.374. The van der Waals surface area contributed by atoms with Gasteiger partial charge in [-0.2, -0.15) is 18.3 Å². The molecule has 0 radical (unpaired) electrons. The Morgan fingerprint density at radius 2 is 1.74 bits per heavy atom. The zero-order valence-electron chi connectivity index (χ0n) is 19.3. The van der Waals surface area contributed by atoms with Crippen molar-refractivity contribution in [3.63, 3.8) is 0 Å². The van der Waals surface area contributed by atoms with Crippen LogP contribution in [-0.4, -0.2) is 51.1 Å². The van der Waals surface area contributed by atoms with Gasteiger partial charge in [0.05, 0.1) is 11.9 Å². The number of hydrogen-bond acceptors (Lipinski definition) is 4. The van der Waals surface area contributed by atoms with Crippen molar-refractivity contribution in [1.29, 1.82) is 0 Å². The van der Waals surface area contributed by atoms with Crippen LogP contribution in [0.1, 0.15) is 28.5 Å². The number of amides is 1. The number of alkyl halides is 3. The Morgan fingerprint density at radius 3 is 2.40 bits per heavy atom. The summed E-state index contributed by atoms with van der Waals surface area (Å²) in [4.78, 5) is 21.8. The maximum absolute atomic E-state index is 13.9. The Morgan fingerprint density at radius 1 is 1.03 bits per heavy atom. The second-order valence-electron chi connectivity index (χ2n) is 8.81. The van der Waals surface area contributed by atoms with Crippen LogP contribution >= 0.6 is 0 Å². The van der Waals surface area contributed by atoms with Crippen LogP contribution in [0.15, 0.2) is 66.9 Å². The Labute approximate surface area is 200 Å². The van der Waals surface area contributed by atoms with Crippen LogP contribution < -0.4 is 4.90 Å². The number of rotatable bonds is 3. The normalized spacial score (nSPS) is 16.7. The minimum Gasteiger partial charge on any atom is -0.365 e. The fourth-order valence-corrected chi connectivity index (χ4v) is 4.50. The Hall–Kier alpha value is -3.88. The molecule has 2 aromatic carbocycles. The molecule has 1 aliphatic heterocycles. The minimum atomic E-state index is -4.66. The van der Waals surface area contributed by atoms with Crippen molar-refractivity contribution >= 4 is 17.2 Å². The summed E-state index contributed by atoms with van der Waals surface area (Å²) in [5.41, 5.74) is 1.90. The van der Waals surface area contributed by atoms with E-state index in [4.69, 9.17) is 0 Å². The first-order valence-corrected chi connectivity index (χ1v) is 11.4. The number of aromatic nitrogens is 3. The zero-order chi connectivity index (χ0) is 24.7. The van der Waals surface area contributed by atoms with Gasteiger partial charge >= 0.3 is 6.18 Å². The highest BCUT2D eigenvalue weighted by Crippen LogP contribution is 2.33. The van der Waals surface area contributed by atoms with Crippen LogP contribution in [0.5, 0.6) is 0 Å². The molecule has 180 valence electrons. The maximum Gasteiger partial charge on any atom is 0.433 e. The molecule has 0 bridgehead atoms. The van der Waals surface area contributed by atoms with Crippen molar-refractivity contribution in [2.45, 2.75) is 26.1 Å². The first-order chi connectivity index (χ1) is 16.7. The summed E-state index contributed by atoms with van der Waals surface area (Å²) in [6.07, 6.45) is -3.48. The van der Waals surface area contributed by atoms with Gasteiger partial charge in [0.15, 0.2) is 11.3 Å². The summed E-state index contributed by atoms with van der Waals surface area (Å²) in [6.45, 7) is 5.56. The van der Waals surface area contributed by atoms with Crippen molar-refractivity contribution in [3.05, 3.63) is 83.7 Å². The molecule has 1 saturated heterocycles. The van der Waals surface area contributed by atoms with Gasteiger partial charge in [-0.05, 0) is 32.0 Å². The predicted octanol–water partition coefficient (Wildman–Crippen LogP) is 5.07. The van der Waals surface area contributed by atoms with Crippen LogP contribution in [0.25, 0.3) is 16.9 Å². The van der Waals surface area contributed by atoms with Crippen LogP contribution in [-0.2, 0) is 6.18 Å². The van der Waals surface area contributed by atoms with Gasteiger partial charge in [0.25, 0.3) is 5.91 Å². The summed E-state index contributed by atoms with van der Waals surface area (Å²) in [5, 5.41) is 3.90. The number of anilines is 1. The van der Waals surface area contributed by atoms with E-state index in [1.807, 2.05) is 26.0 Å². The van der Waals surface area contributed by atoms with E-state index in [0.717, 1.165) is 11.8 Å². The monoisotopic (exact) mass is 479 g/mol. The molecule has 0 saturated carbocycles. The molecule has 1 atom stereocenters. The highest BCUT2D eigenvalue weighted by molar-refractivity contribution is 6.00. The van der Waals surface area contributed by atoms with E-state index in [-0.39, 0.29) is 28.9 Å². The van der Waals surface area contributed by atoms with E-state index in [9.17, 15) is 18.0 Å². The van der Waals surface area contributed by atoms with Crippen molar-refractivity contribution in [1.82, 2.24) is 19.5 Å². The predicted molar refractivity (Wildman–Crippen MR) is 127 cm³/mol. The third-order valence-corrected chi connectivity index (χ3v) is 6.34. The number of hydrogen-bond donors (Lipinski definition) is 0. The summed E-state index contributed by atoms with van der Waals surface area (Å²) in [7, 11) is 0. The lowest BCUT2D eigenvalue weighted by Crippen LogP contribution is -2.53. The Bertz CT molecular complexity index is 1370. The highest BCUT2D eigenvalue weighted by atomic mass is 19.4. The SMILES string of the molecule is Cc1ccc(N2CCN(C(=O)c3cnn4c(C(F)(F)F)cc(-c5ccccc5)nc34)CC2C)cc1. The zero-order valence-corrected chi connectivity index (χ0v) is 19.3. The topological polar surface area (TPSA) is 53.7 Å². The van der Waals surface area contributed by atoms with E-state index < -0.39 is 11.9 Å². The van der Waals surface area contributed by atoms with Crippen molar-refractivity contribution in [2.75, 3.05) is 24.5 Å². The molecule has 9 heteroatoms. The second-order valence-corrected chi connectivity index (χ2v) is 8.81. The average Bonchev–Trinajstić information content (AvgIpc) is 3.27. The number of carbonyl (C=O) groups excluding carboxylic acids is 1. The molecule has 1 amide bonds. The van der Waals surface area contributed by atoms with Crippen molar-refractivity contribution < 1.29 is 18.0 Å². The molecular weight excluding hydrogens is 455 g/mol. The largest absolute Gasteiger partial charge is 0.433 e. The number of halogens is 3. The van der Waals surface area contributed by atoms with E-state index in [2.05, 4.69) is 27.1 Å². The number of aryl methyl sites for hydroxylation is 1. The molecule has 35 heavy (non-hydrogen) atoms. The summed E-state index contributed by atoms with van der Waals surface area (Å²) >= 11 is 0. The Balaban J connectivity index is 1.48. The molecule has 6 nitrogen and oxygen atoms in total. The average molecular weight is 480 g/mol. The third kappa shape index (κ3) is 4.34. The number of carbonyl (C=O) groups is 1. The Kier molecular flexibility index (Phi) is 5.70. The molecular formula is C26H24F3N5O. The molecule has 1 aliphatic rings. The number of fused-ring (bicyclic) bond motifs is 1. The van der Waals surface area contributed by atoms with Gasteiger partial charge < -0.3 is 9.80 Å². The highest BCUT2D eigenvalue weighted by Gasteiger charge is 2.37. The molecule has 0 spiro atoms. The fourth-order valence-electron chi connectivity index (χ4n) is 4.50. The van der Waals surface area contributed by atoms with Gasteiger partial charge in [-0.3, -0.25) is 4.79 Å². The lowest BCUT2D eigenvalue weighted by molar-refractivity contribution is -0.142. The second kappa shape index (κ2) is 8.72. The lowest BCUT2D eigenvalue weighted by Gasteiger charge is -2.41. The molecule has 0 N–H and O–H groups in total. The smallest absolute Gasteiger partial charge is 0.365 e. The van der Waals surface area contributed by atoms with E-state index in [1.54, 1.807) is 35.2 Å². The number of nitrogens with zero attached hydrogens (tertiary/aromatic N) is 5. The maximum atomic E-state index is 13.9. The number of piperazine rings is 1. The molecule has 1 fully saturated rings. The molecule has 2 aromatic heterocycles. The first-order valence-electron chi connectivity index (χ1n) is 11.4. The van der Waals surface area contributed by atoms with Gasteiger partial charge in [0.2, 0.25) is 0 Å². The van der Waals surface area contributed by atoms with Gasteiger partial charge in [0, 0.05) is 36.9 Å². The number of benzene rings is 2. The van der Waals surface area contributed by atoms with Crippen LogP contribution in [0.2, 0.25) is 0 Å². The third-order valence-electron chi connectivity index (χ3n) is 6.34. The van der Waals surface area contributed by atoms with Gasteiger partial charge in [-0.25, -0.2) is 9.50 Å².